The van der Waals surface area contributed by atoms with E-state index in [1.807, 2.05) is 61.5 Å². The van der Waals surface area contributed by atoms with Gasteiger partial charge in [0.2, 0.25) is 0 Å². The zero-order chi connectivity index (χ0) is 33.2. The van der Waals surface area contributed by atoms with E-state index in [2.05, 4.69) is 150 Å². The van der Waals surface area contributed by atoms with Gasteiger partial charge in [-0.3, -0.25) is 4.98 Å². The third-order valence-electron chi connectivity index (χ3n) is 8.83. The van der Waals surface area contributed by atoms with Crippen molar-refractivity contribution in [1.82, 2.24) is 19.0 Å². The molecule has 49 heavy (non-hydrogen) atoms. The van der Waals surface area contributed by atoms with Gasteiger partial charge in [0.25, 0.3) is 0 Å². The Balaban J connectivity index is 0.000000167. The van der Waals surface area contributed by atoms with Crippen LogP contribution in [-0.2, 0) is 20.1 Å². The molecule has 5 nitrogen and oxygen atoms in total. The number of anilines is 1. The molecule has 0 saturated carbocycles. The van der Waals surface area contributed by atoms with Crippen molar-refractivity contribution in [3.63, 3.8) is 0 Å². The molecule has 0 spiro atoms. The molecule has 1 aliphatic heterocycles. The average molecular weight is 819 g/mol. The Labute approximate surface area is 303 Å². The van der Waals surface area contributed by atoms with Crippen LogP contribution in [0.25, 0.3) is 44.6 Å². The summed E-state index contributed by atoms with van der Waals surface area (Å²) in [6, 6.07) is 44.7. The summed E-state index contributed by atoms with van der Waals surface area (Å²) in [5.74, 6) is 1.86. The van der Waals surface area contributed by atoms with Gasteiger partial charge < -0.3 is 18.9 Å². The smallest absolute Gasteiger partial charge is 0.510 e. The molecule has 8 rings (SSSR count). The standard InChI is InChI=1S/C22H17N3.C21H23N2.Ir/c1-23-13-14-24(16-23)18-11-12-22-20(15-18)19-9-5-6-10-21(19)25(22)17-7-3-2-4-8-17;1-15(2)18-11-8-12-19(16(3)4)20(18)23-14-13-22-21(23)17-9-6-5-7-10-17;/h2-10,12-16H,1H3;5-9,11-16H,1-4H3;/q-2;-1;+3. The van der Waals surface area contributed by atoms with Gasteiger partial charge in [0.1, 0.15) is 0 Å². The molecule has 0 aliphatic carbocycles. The summed E-state index contributed by atoms with van der Waals surface area (Å²) in [5, 5.41) is 2.50. The summed E-state index contributed by atoms with van der Waals surface area (Å²) in [7, 11) is 2.02. The summed E-state index contributed by atoms with van der Waals surface area (Å²) in [5.41, 5.74) is 9.59. The number of para-hydroxylation sites is 3. The number of rotatable bonds is 6. The SMILES string of the molecule is CC(C)c1cccc(C(C)C)c1-n1ccnc1-c1[c-]cccc1.CN1C=CN(c2[c-]cc3c(c2)c2ccccc2n3-c2ccccc2)[CH-]1.[Ir+3]. The average Bonchev–Trinajstić information content (AvgIpc) is 3.86. The fourth-order valence-electron chi connectivity index (χ4n) is 6.50. The number of aromatic nitrogens is 3. The van der Waals surface area contributed by atoms with E-state index >= 15 is 0 Å². The second kappa shape index (κ2) is 14.7. The molecule has 1 aliphatic rings. The van der Waals surface area contributed by atoms with Crippen molar-refractivity contribution in [2.45, 2.75) is 39.5 Å². The minimum absolute atomic E-state index is 0. The van der Waals surface area contributed by atoms with E-state index in [4.69, 9.17) is 0 Å². The quantitative estimate of drug-likeness (QED) is 0.157. The van der Waals surface area contributed by atoms with E-state index in [0.717, 1.165) is 17.1 Å². The maximum Gasteiger partial charge on any atom is 3.00 e. The molecule has 0 N–H and O–H groups in total. The zero-order valence-electron chi connectivity index (χ0n) is 28.5. The van der Waals surface area contributed by atoms with E-state index in [1.165, 1.54) is 44.3 Å². The van der Waals surface area contributed by atoms with Crippen molar-refractivity contribution < 1.29 is 20.1 Å². The first-order valence-electron chi connectivity index (χ1n) is 16.6. The molecule has 6 heteroatoms. The van der Waals surface area contributed by atoms with E-state index in [-0.39, 0.29) is 20.1 Å². The molecular weight excluding hydrogens is 779 g/mol. The molecule has 0 bridgehead atoms. The van der Waals surface area contributed by atoms with E-state index in [0.29, 0.717) is 11.8 Å². The third-order valence-corrected chi connectivity index (χ3v) is 8.83. The second-order valence-electron chi connectivity index (χ2n) is 12.8. The first kappa shape index (κ1) is 34.0. The van der Waals surface area contributed by atoms with Crippen LogP contribution in [0.2, 0.25) is 0 Å². The maximum atomic E-state index is 4.60. The monoisotopic (exact) mass is 819 g/mol. The molecule has 0 radical (unpaired) electrons. The molecule has 0 amide bonds. The molecular formula is C43H40IrN5. The largest absolute Gasteiger partial charge is 3.00 e. The van der Waals surface area contributed by atoms with Gasteiger partial charge in [0.05, 0.1) is 5.82 Å². The minimum Gasteiger partial charge on any atom is -0.510 e. The number of hydrogen-bond acceptors (Lipinski definition) is 3. The number of imidazole rings is 1. The number of nitrogens with zero attached hydrogens (tertiary/aromatic N) is 5. The summed E-state index contributed by atoms with van der Waals surface area (Å²) in [4.78, 5) is 8.72. The van der Waals surface area contributed by atoms with E-state index in [9.17, 15) is 0 Å². The fourth-order valence-corrected chi connectivity index (χ4v) is 6.50. The van der Waals surface area contributed by atoms with Gasteiger partial charge in [-0.25, -0.2) is 0 Å². The van der Waals surface area contributed by atoms with Crippen LogP contribution in [0.5, 0.6) is 0 Å². The van der Waals surface area contributed by atoms with Crippen LogP contribution in [0.1, 0.15) is 50.7 Å². The zero-order valence-corrected chi connectivity index (χ0v) is 30.9. The van der Waals surface area contributed by atoms with Gasteiger partial charge in [-0.2, -0.15) is 18.8 Å². The van der Waals surface area contributed by atoms with Crippen LogP contribution in [0.4, 0.5) is 5.69 Å². The molecule has 246 valence electrons. The van der Waals surface area contributed by atoms with Crippen LogP contribution in [0.15, 0.2) is 134 Å². The van der Waals surface area contributed by atoms with Crippen molar-refractivity contribution >= 4 is 27.5 Å². The topological polar surface area (TPSA) is 29.2 Å². The molecule has 0 saturated heterocycles. The molecule has 0 atom stereocenters. The molecule has 5 aromatic carbocycles. The molecule has 0 fully saturated rings. The van der Waals surface area contributed by atoms with Crippen molar-refractivity contribution in [3.8, 4) is 22.8 Å². The van der Waals surface area contributed by atoms with Crippen LogP contribution in [0, 0.1) is 18.8 Å². The normalized spacial score (nSPS) is 12.6. The molecule has 0 unspecified atom stereocenters. The van der Waals surface area contributed by atoms with Gasteiger partial charge in [-0.1, -0.05) is 87.8 Å². The first-order chi connectivity index (χ1) is 23.4. The van der Waals surface area contributed by atoms with Crippen LogP contribution >= 0.6 is 0 Å². The summed E-state index contributed by atoms with van der Waals surface area (Å²) < 4.78 is 4.52. The second-order valence-corrected chi connectivity index (χ2v) is 12.8. The van der Waals surface area contributed by atoms with Crippen molar-refractivity contribution in [2.24, 2.45) is 0 Å². The van der Waals surface area contributed by atoms with Crippen LogP contribution in [-0.4, -0.2) is 26.1 Å². The Morgan fingerprint density at radius 1 is 0.714 bits per heavy atom. The van der Waals surface area contributed by atoms with Crippen molar-refractivity contribution in [3.05, 3.63) is 164 Å². The Morgan fingerprint density at radius 2 is 1.43 bits per heavy atom. The number of hydrogen-bond donors (Lipinski definition) is 0. The Bertz CT molecular complexity index is 2170. The minimum atomic E-state index is 0. The van der Waals surface area contributed by atoms with Crippen LogP contribution < -0.4 is 4.90 Å². The number of benzene rings is 5. The van der Waals surface area contributed by atoms with E-state index in [1.54, 1.807) is 0 Å². The summed E-state index contributed by atoms with van der Waals surface area (Å²) in [6.45, 7) is 11.0. The Kier molecular flexibility index (Phi) is 10.2. The van der Waals surface area contributed by atoms with Crippen molar-refractivity contribution in [1.29, 1.82) is 0 Å². The van der Waals surface area contributed by atoms with Gasteiger partial charge in [0.15, 0.2) is 0 Å². The molecule has 7 aromatic rings. The predicted octanol–water partition coefficient (Wildman–Crippen LogP) is 10.5. The van der Waals surface area contributed by atoms with Gasteiger partial charge in [-0.05, 0) is 66.0 Å². The molecule has 2 aromatic heterocycles. The Hall–Kier alpha value is -4.90. The van der Waals surface area contributed by atoms with Crippen molar-refractivity contribution in [2.75, 3.05) is 11.9 Å². The predicted molar refractivity (Wildman–Crippen MR) is 199 cm³/mol. The van der Waals surface area contributed by atoms with Gasteiger partial charge in [0, 0.05) is 29.3 Å². The van der Waals surface area contributed by atoms with Gasteiger partial charge in [-0.15, -0.1) is 53.0 Å². The summed E-state index contributed by atoms with van der Waals surface area (Å²) >= 11 is 0. The fraction of sp³-hybridized carbons (Fsp3) is 0.163. The third kappa shape index (κ3) is 6.72. The number of fused-ring (bicyclic) bond motifs is 3. The summed E-state index contributed by atoms with van der Waals surface area (Å²) in [6.07, 6.45) is 8.01. The molecule has 3 heterocycles. The first-order valence-corrected chi connectivity index (χ1v) is 16.6. The maximum absolute atomic E-state index is 4.60. The van der Waals surface area contributed by atoms with Gasteiger partial charge >= 0.3 is 20.1 Å². The Morgan fingerprint density at radius 3 is 2.10 bits per heavy atom. The van der Waals surface area contributed by atoms with E-state index < -0.39 is 0 Å². The van der Waals surface area contributed by atoms with Crippen LogP contribution in [0.3, 0.4) is 0 Å².